The molecule has 0 saturated carbocycles. The van der Waals surface area contributed by atoms with Gasteiger partial charge in [0.15, 0.2) is 0 Å². The number of aryl methyl sites for hydroxylation is 1. The first-order chi connectivity index (χ1) is 14.7. The van der Waals surface area contributed by atoms with E-state index >= 15 is 0 Å². The summed E-state index contributed by atoms with van der Waals surface area (Å²) in [4.78, 5) is 28.0. The minimum absolute atomic E-state index is 0.00947. The number of nitrogens with one attached hydrogen (secondary N) is 1. The van der Waals surface area contributed by atoms with E-state index in [1.165, 1.54) is 22.6 Å². The third kappa shape index (κ3) is 5.53. The molecule has 0 spiro atoms. The van der Waals surface area contributed by atoms with E-state index in [0.29, 0.717) is 25.2 Å². The zero-order valence-corrected chi connectivity index (χ0v) is 20.0. The summed E-state index contributed by atoms with van der Waals surface area (Å²) in [6, 6.07) is 4.49. The summed E-state index contributed by atoms with van der Waals surface area (Å²) in [6.07, 6.45) is 2.29. The van der Waals surface area contributed by atoms with Crippen LogP contribution in [0.25, 0.3) is 10.9 Å². The van der Waals surface area contributed by atoms with Gasteiger partial charge in [-0.1, -0.05) is 27.7 Å². The van der Waals surface area contributed by atoms with E-state index in [4.69, 9.17) is 0 Å². The Hall–Kier alpha value is -2.23. The summed E-state index contributed by atoms with van der Waals surface area (Å²) in [6.45, 7) is 11.6. The van der Waals surface area contributed by atoms with Crippen LogP contribution in [0.1, 0.15) is 44.5 Å². The average Bonchev–Trinajstić information content (AvgIpc) is 2.76. The first-order valence-corrected chi connectivity index (χ1v) is 12.3. The largest absolute Gasteiger partial charge is 0.352 e. The molecule has 0 aliphatic carbocycles. The van der Waals surface area contributed by atoms with Crippen molar-refractivity contribution in [2.24, 2.45) is 7.05 Å². The van der Waals surface area contributed by atoms with Gasteiger partial charge in [-0.2, -0.15) is 4.31 Å². The van der Waals surface area contributed by atoms with Gasteiger partial charge >= 0.3 is 0 Å². The summed E-state index contributed by atoms with van der Waals surface area (Å²) < 4.78 is 28.7. The molecule has 0 saturated heterocycles. The van der Waals surface area contributed by atoms with E-state index < -0.39 is 21.4 Å². The maximum atomic E-state index is 13.1. The molecule has 9 heteroatoms. The molecule has 0 unspecified atom stereocenters. The molecule has 31 heavy (non-hydrogen) atoms. The fraction of sp³-hybridized carbons (Fsp3) is 0.545. The third-order valence-corrected chi connectivity index (χ3v) is 7.62. The first kappa shape index (κ1) is 25.0. The van der Waals surface area contributed by atoms with Crippen LogP contribution in [0.5, 0.6) is 0 Å². The lowest BCUT2D eigenvalue weighted by molar-refractivity contribution is 0.0950. The molecule has 0 radical (unpaired) electrons. The van der Waals surface area contributed by atoms with Crippen molar-refractivity contribution in [3.63, 3.8) is 0 Å². The van der Waals surface area contributed by atoms with Crippen LogP contribution in [0.3, 0.4) is 0 Å². The summed E-state index contributed by atoms with van der Waals surface area (Å²) in [7, 11) is -1.97. The number of pyridine rings is 1. The Morgan fingerprint density at radius 2 is 1.71 bits per heavy atom. The molecule has 1 heterocycles. The SMILES string of the molecule is CCN(CC)CCCNC(=O)c1cn(C)c2ccc(S(=O)(=O)N(CC)CC)cc2c1=O. The minimum Gasteiger partial charge on any atom is -0.352 e. The molecule has 2 aromatic rings. The van der Waals surface area contributed by atoms with Gasteiger partial charge in [0.1, 0.15) is 5.56 Å². The second kappa shape index (κ2) is 10.9. The predicted molar refractivity (Wildman–Crippen MR) is 124 cm³/mol. The standard InChI is InChI=1S/C22H34N4O4S/c1-6-25(7-2)14-10-13-23-22(28)19-16-24(5)20-12-11-17(15-18(20)21(19)27)31(29,30)26(8-3)9-4/h11-12,15-16H,6-10,13-14H2,1-5H3,(H,23,28). The Kier molecular flexibility index (Phi) is 8.79. The minimum atomic E-state index is -3.71. The van der Waals surface area contributed by atoms with Gasteiger partial charge in [0, 0.05) is 38.3 Å². The molecule has 1 aromatic heterocycles. The Morgan fingerprint density at radius 3 is 2.29 bits per heavy atom. The fourth-order valence-electron chi connectivity index (χ4n) is 3.65. The second-order valence-corrected chi connectivity index (χ2v) is 9.33. The van der Waals surface area contributed by atoms with Crippen LogP contribution in [0.2, 0.25) is 0 Å². The average molecular weight is 451 g/mol. The molecule has 0 bridgehead atoms. The van der Waals surface area contributed by atoms with Crippen molar-refractivity contribution >= 4 is 26.8 Å². The van der Waals surface area contributed by atoms with Gasteiger partial charge < -0.3 is 14.8 Å². The number of hydrogen-bond donors (Lipinski definition) is 1. The van der Waals surface area contributed by atoms with E-state index in [2.05, 4.69) is 24.1 Å². The van der Waals surface area contributed by atoms with Crippen molar-refractivity contribution < 1.29 is 13.2 Å². The number of benzene rings is 1. The Labute approximate surface area is 184 Å². The van der Waals surface area contributed by atoms with Crippen LogP contribution >= 0.6 is 0 Å². The number of hydrogen-bond acceptors (Lipinski definition) is 5. The lowest BCUT2D eigenvalue weighted by Gasteiger charge is -2.19. The number of sulfonamides is 1. The highest BCUT2D eigenvalue weighted by Crippen LogP contribution is 2.20. The van der Waals surface area contributed by atoms with Crippen LogP contribution in [0.15, 0.2) is 34.1 Å². The Balaban J connectivity index is 2.34. The van der Waals surface area contributed by atoms with Crippen molar-refractivity contribution in [1.82, 2.24) is 19.1 Å². The molecule has 1 amide bonds. The molecule has 1 aromatic carbocycles. The maximum absolute atomic E-state index is 13.1. The quantitative estimate of drug-likeness (QED) is 0.529. The first-order valence-electron chi connectivity index (χ1n) is 10.8. The zero-order chi connectivity index (χ0) is 23.2. The number of amides is 1. The Bertz CT molecular complexity index is 1070. The van der Waals surface area contributed by atoms with Crippen molar-refractivity contribution in [2.45, 2.75) is 39.0 Å². The van der Waals surface area contributed by atoms with Crippen LogP contribution in [-0.4, -0.2) is 67.4 Å². The number of aromatic nitrogens is 1. The molecular formula is C22H34N4O4S. The van der Waals surface area contributed by atoms with Gasteiger partial charge in [-0.15, -0.1) is 0 Å². The van der Waals surface area contributed by atoms with E-state index in [1.54, 1.807) is 31.5 Å². The second-order valence-electron chi connectivity index (χ2n) is 7.39. The van der Waals surface area contributed by atoms with Gasteiger partial charge in [-0.25, -0.2) is 8.42 Å². The van der Waals surface area contributed by atoms with E-state index in [1.807, 2.05) is 0 Å². The highest BCUT2D eigenvalue weighted by Gasteiger charge is 2.23. The van der Waals surface area contributed by atoms with Gasteiger partial charge in [-0.05, 0) is 44.3 Å². The topological polar surface area (TPSA) is 91.7 Å². The van der Waals surface area contributed by atoms with Crippen molar-refractivity contribution in [3.05, 3.63) is 40.2 Å². The lowest BCUT2D eigenvalue weighted by Crippen LogP contribution is -2.33. The van der Waals surface area contributed by atoms with Gasteiger partial charge in [0.05, 0.1) is 10.4 Å². The van der Waals surface area contributed by atoms with Crippen molar-refractivity contribution in [3.8, 4) is 0 Å². The zero-order valence-electron chi connectivity index (χ0n) is 19.1. The molecule has 1 N–H and O–H groups in total. The molecule has 0 atom stereocenters. The van der Waals surface area contributed by atoms with Crippen LogP contribution in [0.4, 0.5) is 0 Å². The summed E-state index contributed by atoms with van der Waals surface area (Å²) in [5, 5.41) is 3.03. The Morgan fingerprint density at radius 1 is 1.06 bits per heavy atom. The van der Waals surface area contributed by atoms with Crippen molar-refractivity contribution in [1.29, 1.82) is 0 Å². The number of carbonyl (C=O) groups is 1. The van der Waals surface area contributed by atoms with Gasteiger partial charge in [0.2, 0.25) is 15.5 Å². The van der Waals surface area contributed by atoms with Crippen LogP contribution in [0, 0.1) is 0 Å². The number of fused-ring (bicyclic) bond motifs is 1. The van der Waals surface area contributed by atoms with Gasteiger partial charge in [-0.3, -0.25) is 9.59 Å². The van der Waals surface area contributed by atoms with Gasteiger partial charge in [0.25, 0.3) is 5.91 Å². The smallest absolute Gasteiger partial charge is 0.256 e. The normalized spacial score (nSPS) is 12.1. The molecule has 0 aliphatic rings. The molecular weight excluding hydrogens is 416 g/mol. The summed E-state index contributed by atoms with van der Waals surface area (Å²) in [5.74, 6) is -0.445. The highest BCUT2D eigenvalue weighted by molar-refractivity contribution is 7.89. The lowest BCUT2D eigenvalue weighted by atomic mass is 10.1. The fourth-order valence-corrected chi connectivity index (χ4v) is 5.13. The summed E-state index contributed by atoms with van der Waals surface area (Å²) >= 11 is 0. The maximum Gasteiger partial charge on any atom is 0.256 e. The van der Waals surface area contributed by atoms with E-state index in [9.17, 15) is 18.0 Å². The highest BCUT2D eigenvalue weighted by atomic mass is 32.2. The molecule has 2 rings (SSSR count). The summed E-state index contributed by atoms with van der Waals surface area (Å²) in [5.41, 5.74) is 0.114. The van der Waals surface area contributed by atoms with Crippen LogP contribution in [-0.2, 0) is 17.1 Å². The van der Waals surface area contributed by atoms with Crippen molar-refractivity contribution in [2.75, 3.05) is 39.3 Å². The number of nitrogens with zero attached hydrogens (tertiary/aromatic N) is 3. The monoisotopic (exact) mass is 450 g/mol. The molecule has 0 fully saturated rings. The molecule has 172 valence electrons. The van der Waals surface area contributed by atoms with E-state index in [0.717, 1.165) is 26.1 Å². The molecule has 8 nitrogen and oxygen atoms in total. The van der Waals surface area contributed by atoms with E-state index in [-0.39, 0.29) is 15.8 Å². The number of carbonyl (C=O) groups excluding carboxylic acids is 1. The third-order valence-electron chi connectivity index (χ3n) is 5.58. The van der Waals surface area contributed by atoms with Crippen LogP contribution < -0.4 is 10.7 Å². The predicted octanol–water partition coefficient (Wildman–Crippen LogP) is 2.03. The number of rotatable bonds is 11. The molecule has 0 aliphatic heterocycles.